The van der Waals surface area contributed by atoms with Gasteiger partial charge in [0.1, 0.15) is 5.69 Å². The summed E-state index contributed by atoms with van der Waals surface area (Å²) in [6.07, 6.45) is 3.19. The van der Waals surface area contributed by atoms with Crippen LogP contribution in [0.15, 0.2) is 6.20 Å². The van der Waals surface area contributed by atoms with Gasteiger partial charge in [0.2, 0.25) is 0 Å². The number of aromatic nitrogens is 2. The first-order valence-electron chi connectivity index (χ1n) is 6.06. The molecule has 0 bridgehead atoms. The van der Waals surface area contributed by atoms with Crippen molar-refractivity contribution in [2.75, 3.05) is 13.1 Å². The van der Waals surface area contributed by atoms with Crippen LogP contribution in [-0.4, -0.2) is 28.7 Å². The van der Waals surface area contributed by atoms with E-state index in [1.54, 1.807) is 10.9 Å². The van der Waals surface area contributed by atoms with Crippen molar-refractivity contribution in [3.8, 4) is 0 Å². The van der Waals surface area contributed by atoms with Gasteiger partial charge in [0.05, 0.1) is 11.2 Å². The van der Waals surface area contributed by atoms with Gasteiger partial charge in [-0.1, -0.05) is 11.6 Å². The van der Waals surface area contributed by atoms with E-state index in [0.29, 0.717) is 23.1 Å². The first kappa shape index (κ1) is 12.6. The highest BCUT2D eigenvalue weighted by atomic mass is 35.5. The second-order valence-corrected chi connectivity index (χ2v) is 5.27. The number of hydrogen-bond donors (Lipinski definition) is 1. The number of carbonyl (C=O) groups is 1. The molecule has 1 aliphatic heterocycles. The van der Waals surface area contributed by atoms with Gasteiger partial charge in [-0.05, 0) is 39.3 Å². The third-order valence-electron chi connectivity index (χ3n) is 3.14. The van der Waals surface area contributed by atoms with Gasteiger partial charge in [-0.25, -0.2) is 0 Å². The normalized spacial score (nSPS) is 20.1. The van der Waals surface area contributed by atoms with Crippen molar-refractivity contribution in [3.63, 3.8) is 0 Å². The molecule has 0 aliphatic carbocycles. The fourth-order valence-electron chi connectivity index (χ4n) is 2.24. The molecule has 2 heterocycles. The Hall–Kier alpha value is -0.870. The molecular formula is C12H18ClN3O. The second-order valence-electron chi connectivity index (χ2n) is 4.87. The largest absolute Gasteiger partial charge is 0.316 e. The van der Waals surface area contributed by atoms with Gasteiger partial charge in [0, 0.05) is 12.5 Å². The lowest BCUT2D eigenvalue weighted by molar-refractivity contribution is 0.0952. The van der Waals surface area contributed by atoms with Crippen molar-refractivity contribution >= 4 is 17.4 Å². The number of Topliss-reactive ketones (excluding diaryl/α,β-unsaturated/α-hetero) is 1. The van der Waals surface area contributed by atoms with Crippen LogP contribution in [0.2, 0.25) is 5.02 Å². The molecule has 4 nitrogen and oxygen atoms in total. The molecule has 0 spiro atoms. The monoisotopic (exact) mass is 255 g/mol. The molecule has 2 rings (SSSR count). The minimum Gasteiger partial charge on any atom is -0.316 e. The van der Waals surface area contributed by atoms with Crippen LogP contribution in [0, 0.1) is 5.92 Å². The van der Waals surface area contributed by atoms with Crippen molar-refractivity contribution in [3.05, 3.63) is 16.9 Å². The molecule has 1 aromatic rings. The number of nitrogens with zero attached hydrogens (tertiary/aromatic N) is 2. The summed E-state index contributed by atoms with van der Waals surface area (Å²) >= 11 is 6.05. The second kappa shape index (κ2) is 5.19. The van der Waals surface area contributed by atoms with Gasteiger partial charge in [-0.15, -0.1) is 0 Å². The maximum atomic E-state index is 12.2. The lowest BCUT2D eigenvalue weighted by atomic mass is 10.00. The molecule has 1 saturated heterocycles. The molecule has 0 saturated carbocycles. The molecule has 94 valence electrons. The molecule has 1 fully saturated rings. The summed E-state index contributed by atoms with van der Waals surface area (Å²) in [7, 11) is 0. The Morgan fingerprint density at radius 2 is 2.47 bits per heavy atom. The molecular weight excluding hydrogens is 238 g/mol. The highest BCUT2D eigenvalue weighted by molar-refractivity contribution is 6.33. The predicted molar refractivity (Wildman–Crippen MR) is 67.5 cm³/mol. The van der Waals surface area contributed by atoms with Gasteiger partial charge in [-0.2, -0.15) is 5.10 Å². The minimum absolute atomic E-state index is 0.106. The summed E-state index contributed by atoms with van der Waals surface area (Å²) in [6, 6.07) is 0.156. The highest BCUT2D eigenvalue weighted by Gasteiger charge is 2.24. The average Bonchev–Trinajstić information content (AvgIpc) is 2.86. The Labute approximate surface area is 106 Å². The van der Waals surface area contributed by atoms with Gasteiger partial charge >= 0.3 is 0 Å². The molecule has 5 heteroatoms. The van der Waals surface area contributed by atoms with Gasteiger partial charge in [0.15, 0.2) is 5.78 Å². The lowest BCUT2D eigenvalue weighted by Crippen LogP contribution is -2.17. The van der Waals surface area contributed by atoms with E-state index in [1.807, 2.05) is 13.8 Å². The topological polar surface area (TPSA) is 46.9 Å². The Morgan fingerprint density at radius 1 is 1.71 bits per heavy atom. The standard InChI is InChI=1S/C12H18ClN3O/c1-8(2)16-12(10(13)7-15-16)11(17)5-9-3-4-14-6-9/h7-9,14H,3-6H2,1-2H3. The van der Waals surface area contributed by atoms with E-state index in [1.165, 1.54) is 0 Å². The van der Waals surface area contributed by atoms with E-state index in [0.717, 1.165) is 19.5 Å². The zero-order chi connectivity index (χ0) is 12.4. The number of hydrogen-bond acceptors (Lipinski definition) is 3. The Morgan fingerprint density at radius 3 is 3.06 bits per heavy atom. The Kier molecular flexibility index (Phi) is 3.84. The van der Waals surface area contributed by atoms with Crippen molar-refractivity contribution < 1.29 is 4.79 Å². The first-order chi connectivity index (χ1) is 8.09. The number of halogens is 1. The maximum absolute atomic E-state index is 12.2. The third-order valence-corrected chi connectivity index (χ3v) is 3.42. The van der Waals surface area contributed by atoms with Crippen LogP contribution in [0.3, 0.4) is 0 Å². The zero-order valence-electron chi connectivity index (χ0n) is 10.2. The fourth-order valence-corrected chi connectivity index (χ4v) is 2.48. The SMILES string of the molecule is CC(C)n1ncc(Cl)c1C(=O)CC1CCNC1. The summed E-state index contributed by atoms with van der Waals surface area (Å²) in [5, 5.41) is 7.89. The van der Waals surface area contributed by atoms with E-state index >= 15 is 0 Å². The van der Waals surface area contributed by atoms with Crippen LogP contribution >= 0.6 is 11.6 Å². The molecule has 1 unspecified atom stereocenters. The maximum Gasteiger partial charge on any atom is 0.182 e. The van der Waals surface area contributed by atoms with Gasteiger partial charge in [0.25, 0.3) is 0 Å². The summed E-state index contributed by atoms with van der Waals surface area (Å²) in [5.41, 5.74) is 0.563. The summed E-state index contributed by atoms with van der Waals surface area (Å²) in [6.45, 7) is 5.93. The Balaban J connectivity index is 2.14. The third kappa shape index (κ3) is 2.69. The Bertz CT molecular complexity index is 408. The number of nitrogens with one attached hydrogen (secondary N) is 1. The smallest absolute Gasteiger partial charge is 0.182 e. The molecule has 1 aliphatic rings. The van der Waals surface area contributed by atoms with Gasteiger partial charge < -0.3 is 5.32 Å². The molecule has 0 aromatic carbocycles. The van der Waals surface area contributed by atoms with E-state index < -0.39 is 0 Å². The van der Waals surface area contributed by atoms with E-state index in [-0.39, 0.29) is 11.8 Å². The zero-order valence-corrected chi connectivity index (χ0v) is 11.0. The van der Waals surface area contributed by atoms with E-state index in [4.69, 9.17) is 11.6 Å². The van der Waals surface area contributed by atoms with Crippen LogP contribution in [-0.2, 0) is 0 Å². The van der Waals surface area contributed by atoms with Crippen molar-refractivity contribution in [2.45, 2.75) is 32.7 Å². The van der Waals surface area contributed by atoms with Crippen LogP contribution in [0.1, 0.15) is 43.2 Å². The molecule has 0 radical (unpaired) electrons. The number of ketones is 1. The van der Waals surface area contributed by atoms with E-state index in [2.05, 4.69) is 10.4 Å². The minimum atomic E-state index is 0.106. The average molecular weight is 256 g/mol. The molecule has 1 aromatic heterocycles. The quantitative estimate of drug-likeness (QED) is 0.840. The predicted octanol–water partition coefficient (Wildman–Crippen LogP) is 2.30. The van der Waals surface area contributed by atoms with Crippen molar-refractivity contribution in [1.82, 2.24) is 15.1 Å². The van der Waals surface area contributed by atoms with Crippen molar-refractivity contribution in [2.24, 2.45) is 5.92 Å². The number of rotatable bonds is 4. The van der Waals surface area contributed by atoms with E-state index in [9.17, 15) is 4.79 Å². The first-order valence-corrected chi connectivity index (χ1v) is 6.44. The molecule has 17 heavy (non-hydrogen) atoms. The summed E-state index contributed by atoms with van der Waals surface area (Å²) in [4.78, 5) is 12.2. The van der Waals surface area contributed by atoms with Crippen LogP contribution in [0.5, 0.6) is 0 Å². The lowest BCUT2D eigenvalue weighted by Gasteiger charge is -2.12. The van der Waals surface area contributed by atoms with Crippen LogP contribution < -0.4 is 5.32 Å². The molecule has 0 amide bonds. The van der Waals surface area contributed by atoms with Gasteiger partial charge in [-0.3, -0.25) is 9.48 Å². The van der Waals surface area contributed by atoms with Crippen LogP contribution in [0.4, 0.5) is 0 Å². The van der Waals surface area contributed by atoms with Crippen LogP contribution in [0.25, 0.3) is 0 Å². The highest BCUT2D eigenvalue weighted by Crippen LogP contribution is 2.23. The summed E-state index contributed by atoms with van der Waals surface area (Å²) < 4.78 is 1.72. The molecule has 1 atom stereocenters. The molecule has 1 N–H and O–H groups in total. The number of carbonyl (C=O) groups excluding carboxylic acids is 1. The fraction of sp³-hybridized carbons (Fsp3) is 0.667. The summed E-state index contributed by atoms with van der Waals surface area (Å²) in [5.74, 6) is 0.545. The van der Waals surface area contributed by atoms with Crippen molar-refractivity contribution in [1.29, 1.82) is 0 Å².